The van der Waals surface area contributed by atoms with Gasteiger partial charge in [0.1, 0.15) is 0 Å². The molecule has 0 radical (unpaired) electrons. The first kappa shape index (κ1) is 13.7. The van der Waals surface area contributed by atoms with Crippen molar-refractivity contribution in [2.24, 2.45) is 11.8 Å². The van der Waals surface area contributed by atoms with Crippen molar-refractivity contribution in [2.75, 3.05) is 0 Å². The van der Waals surface area contributed by atoms with Crippen molar-refractivity contribution in [3.8, 4) is 0 Å². The monoisotopic (exact) mass is 237 g/mol. The largest absolute Gasteiger partial charge is 0.353 e. The molecule has 0 saturated carbocycles. The van der Waals surface area contributed by atoms with Gasteiger partial charge in [-0.05, 0) is 12.8 Å². The molecule has 1 aromatic heterocycles. The lowest BCUT2D eigenvalue weighted by Crippen LogP contribution is -2.39. The molecular weight excluding hydrogens is 214 g/mol. The summed E-state index contributed by atoms with van der Waals surface area (Å²) in [6.07, 6.45) is 5.27. The number of rotatable bonds is 6. The Balaban J connectivity index is 2.40. The summed E-state index contributed by atoms with van der Waals surface area (Å²) >= 11 is 0. The Hall–Kier alpha value is -1.32. The lowest BCUT2D eigenvalue weighted by atomic mass is 9.92. The summed E-state index contributed by atoms with van der Waals surface area (Å²) in [5.74, 6) is 0.643. The number of hydrogen-bond acceptors (Lipinski definition) is 2. The third kappa shape index (κ3) is 4.21. The molecule has 4 nitrogen and oxygen atoms in total. The zero-order valence-corrected chi connectivity index (χ0v) is 11.2. The van der Waals surface area contributed by atoms with E-state index >= 15 is 0 Å². The van der Waals surface area contributed by atoms with Crippen molar-refractivity contribution < 1.29 is 4.79 Å². The van der Waals surface area contributed by atoms with Gasteiger partial charge in [0.05, 0.1) is 6.33 Å². The van der Waals surface area contributed by atoms with Crippen LogP contribution in [0.3, 0.4) is 0 Å². The van der Waals surface area contributed by atoms with Crippen LogP contribution in [-0.2, 0) is 11.2 Å². The summed E-state index contributed by atoms with van der Waals surface area (Å²) < 4.78 is 0. The van der Waals surface area contributed by atoms with Gasteiger partial charge in [-0.25, -0.2) is 4.98 Å². The quantitative estimate of drug-likeness (QED) is 0.796. The number of hydrogen-bond donors (Lipinski definition) is 2. The number of aromatic amines is 1. The van der Waals surface area contributed by atoms with Crippen LogP contribution in [0.5, 0.6) is 0 Å². The molecule has 0 aliphatic heterocycles. The van der Waals surface area contributed by atoms with Crippen LogP contribution in [-0.4, -0.2) is 21.9 Å². The molecule has 1 aromatic rings. The van der Waals surface area contributed by atoms with E-state index in [9.17, 15) is 4.79 Å². The molecule has 96 valence electrons. The average Bonchev–Trinajstić information content (AvgIpc) is 2.79. The van der Waals surface area contributed by atoms with Crippen LogP contribution in [0.15, 0.2) is 12.5 Å². The van der Waals surface area contributed by atoms with Gasteiger partial charge >= 0.3 is 0 Å². The first-order valence-corrected chi connectivity index (χ1v) is 6.32. The molecule has 0 bridgehead atoms. The van der Waals surface area contributed by atoms with E-state index in [2.05, 4.69) is 29.1 Å². The third-order valence-electron chi connectivity index (χ3n) is 3.38. The van der Waals surface area contributed by atoms with Gasteiger partial charge in [-0.2, -0.15) is 0 Å². The molecule has 2 N–H and O–H groups in total. The van der Waals surface area contributed by atoms with E-state index < -0.39 is 0 Å². The Morgan fingerprint density at radius 2 is 2.18 bits per heavy atom. The van der Waals surface area contributed by atoms with Gasteiger partial charge in [0.15, 0.2) is 0 Å². The highest BCUT2D eigenvalue weighted by atomic mass is 16.1. The van der Waals surface area contributed by atoms with Crippen molar-refractivity contribution in [2.45, 2.75) is 46.6 Å². The highest BCUT2D eigenvalue weighted by Gasteiger charge is 2.20. The molecule has 1 amide bonds. The van der Waals surface area contributed by atoms with Crippen LogP contribution in [0.25, 0.3) is 0 Å². The van der Waals surface area contributed by atoms with Gasteiger partial charge in [-0.1, -0.05) is 27.2 Å². The van der Waals surface area contributed by atoms with E-state index in [0.717, 1.165) is 18.5 Å². The molecule has 0 fully saturated rings. The lowest BCUT2D eigenvalue weighted by molar-refractivity contribution is -0.126. The number of imidazole rings is 1. The summed E-state index contributed by atoms with van der Waals surface area (Å²) in [5.41, 5.74) is 1.05. The molecule has 3 atom stereocenters. The molecule has 17 heavy (non-hydrogen) atoms. The van der Waals surface area contributed by atoms with Crippen molar-refractivity contribution in [1.82, 2.24) is 15.3 Å². The lowest BCUT2D eigenvalue weighted by Gasteiger charge is -2.20. The summed E-state index contributed by atoms with van der Waals surface area (Å²) in [7, 11) is 0. The van der Waals surface area contributed by atoms with E-state index in [1.54, 1.807) is 12.5 Å². The number of nitrogens with one attached hydrogen (secondary N) is 2. The van der Waals surface area contributed by atoms with Gasteiger partial charge < -0.3 is 10.3 Å². The smallest absolute Gasteiger partial charge is 0.223 e. The summed E-state index contributed by atoms with van der Waals surface area (Å²) in [5, 5.41) is 3.05. The van der Waals surface area contributed by atoms with E-state index in [1.807, 2.05) is 13.8 Å². The molecule has 0 spiro atoms. The van der Waals surface area contributed by atoms with Crippen molar-refractivity contribution in [1.29, 1.82) is 0 Å². The fourth-order valence-corrected chi connectivity index (χ4v) is 1.76. The van der Waals surface area contributed by atoms with Crippen LogP contribution >= 0.6 is 0 Å². The van der Waals surface area contributed by atoms with Crippen LogP contribution in [0.4, 0.5) is 0 Å². The predicted octanol–water partition coefficient (Wildman–Crippen LogP) is 2.14. The van der Waals surface area contributed by atoms with E-state index in [0.29, 0.717) is 5.92 Å². The Kier molecular flexibility index (Phi) is 5.19. The van der Waals surface area contributed by atoms with E-state index in [1.165, 1.54) is 0 Å². The first-order valence-electron chi connectivity index (χ1n) is 6.32. The Bertz CT molecular complexity index is 334. The highest BCUT2D eigenvalue weighted by Crippen LogP contribution is 2.14. The van der Waals surface area contributed by atoms with Gasteiger partial charge in [-0.3, -0.25) is 4.79 Å². The maximum atomic E-state index is 11.9. The summed E-state index contributed by atoms with van der Waals surface area (Å²) in [6.45, 7) is 8.24. The standard InChI is InChI=1S/C13H23N3O/c1-5-9(2)11(4)13(17)16-10(3)6-12-7-14-8-15-12/h7-11H,5-6H2,1-4H3,(H,14,15)(H,16,17). The predicted molar refractivity (Wildman–Crippen MR) is 68.5 cm³/mol. The maximum Gasteiger partial charge on any atom is 0.223 e. The average molecular weight is 237 g/mol. The minimum absolute atomic E-state index is 0.0733. The van der Waals surface area contributed by atoms with Crippen LogP contribution in [0, 0.1) is 11.8 Å². The van der Waals surface area contributed by atoms with Crippen molar-refractivity contribution >= 4 is 5.91 Å². The number of carbonyl (C=O) groups excluding carboxylic acids is 1. The van der Waals surface area contributed by atoms with Crippen LogP contribution < -0.4 is 5.32 Å². The number of aromatic nitrogens is 2. The van der Waals surface area contributed by atoms with Crippen LogP contribution in [0.1, 0.15) is 39.8 Å². The van der Waals surface area contributed by atoms with E-state index in [-0.39, 0.29) is 17.9 Å². The molecule has 0 saturated heterocycles. The molecule has 1 rings (SSSR count). The number of amides is 1. The fourth-order valence-electron chi connectivity index (χ4n) is 1.76. The number of H-pyrrole nitrogens is 1. The zero-order valence-electron chi connectivity index (χ0n) is 11.2. The number of carbonyl (C=O) groups is 1. The van der Waals surface area contributed by atoms with Crippen LogP contribution in [0.2, 0.25) is 0 Å². The molecule has 1 heterocycles. The normalized spacial score (nSPS) is 16.2. The highest BCUT2D eigenvalue weighted by molar-refractivity contribution is 5.78. The van der Waals surface area contributed by atoms with Gasteiger partial charge in [0.25, 0.3) is 0 Å². The van der Waals surface area contributed by atoms with Crippen molar-refractivity contribution in [3.63, 3.8) is 0 Å². The van der Waals surface area contributed by atoms with Gasteiger partial charge in [-0.15, -0.1) is 0 Å². The molecule has 0 aromatic carbocycles. The van der Waals surface area contributed by atoms with Gasteiger partial charge in [0, 0.05) is 30.3 Å². The Labute approximate surface area is 103 Å². The second kappa shape index (κ2) is 6.42. The van der Waals surface area contributed by atoms with Gasteiger partial charge in [0.2, 0.25) is 5.91 Å². The maximum absolute atomic E-state index is 11.9. The van der Waals surface area contributed by atoms with Crippen molar-refractivity contribution in [3.05, 3.63) is 18.2 Å². The first-order chi connectivity index (χ1) is 8.04. The second-order valence-electron chi connectivity index (χ2n) is 4.86. The fraction of sp³-hybridized carbons (Fsp3) is 0.692. The van der Waals surface area contributed by atoms with E-state index in [4.69, 9.17) is 0 Å². The zero-order chi connectivity index (χ0) is 12.8. The Morgan fingerprint density at radius 1 is 1.47 bits per heavy atom. The molecular formula is C13H23N3O. The second-order valence-corrected chi connectivity index (χ2v) is 4.86. The number of nitrogens with zero attached hydrogens (tertiary/aromatic N) is 1. The SMILES string of the molecule is CCC(C)C(C)C(=O)NC(C)Cc1cnc[nH]1. The molecule has 4 heteroatoms. The Morgan fingerprint density at radius 3 is 2.71 bits per heavy atom. The minimum Gasteiger partial charge on any atom is -0.353 e. The summed E-state index contributed by atoms with van der Waals surface area (Å²) in [4.78, 5) is 19.0. The molecule has 3 unspecified atom stereocenters. The molecule has 0 aliphatic rings. The minimum atomic E-state index is 0.0733. The summed E-state index contributed by atoms with van der Waals surface area (Å²) in [6, 6.07) is 0.134. The third-order valence-corrected chi connectivity index (χ3v) is 3.38. The molecule has 0 aliphatic carbocycles. The topological polar surface area (TPSA) is 57.8 Å².